The average Bonchev–Trinajstić information content (AvgIpc) is 2.56. The molecule has 0 saturated heterocycles. The molecule has 3 heteroatoms. The normalized spacial score (nSPS) is 17.3. The number of hydrogen-bond donors (Lipinski definition) is 1. The van der Waals surface area contributed by atoms with Gasteiger partial charge >= 0.3 is 0 Å². The molecule has 2 rings (SSSR count). The number of aldehydes is 2. The molecule has 1 unspecified atom stereocenters. The van der Waals surface area contributed by atoms with Gasteiger partial charge in [-0.25, -0.2) is 0 Å². The fourth-order valence-corrected chi connectivity index (χ4v) is 2.72. The van der Waals surface area contributed by atoms with Crippen LogP contribution in [0.2, 0.25) is 0 Å². The Morgan fingerprint density at radius 2 is 1.92 bits per heavy atom. The van der Waals surface area contributed by atoms with Gasteiger partial charge in [-0.15, -0.1) is 0 Å². The fourth-order valence-electron chi connectivity index (χ4n) is 2.72. The highest BCUT2D eigenvalue weighted by Crippen LogP contribution is 2.26. The van der Waals surface area contributed by atoms with Crippen molar-refractivity contribution >= 4 is 12.6 Å². The number of aliphatic hydroxyl groups is 1. The highest BCUT2D eigenvalue weighted by atomic mass is 16.3. The first-order valence-corrected chi connectivity index (χ1v) is 8.77. The van der Waals surface area contributed by atoms with Gasteiger partial charge in [0.2, 0.25) is 0 Å². The topological polar surface area (TPSA) is 54.4 Å². The van der Waals surface area contributed by atoms with Crippen LogP contribution in [0.15, 0.2) is 42.0 Å². The number of benzene rings is 1. The Bertz CT molecular complexity index is 512. The van der Waals surface area contributed by atoms with E-state index >= 15 is 0 Å². The van der Waals surface area contributed by atoms with Crippen LogP contribution in [0.3, 0.4) is 0 Å². The van der Waals surface area contributed by atoms with Crippen molar-refractivity contribution in [1.29, 1.82) is 0 Å². The molecule has 1 aromatic carbocycles. The minimum atomic E-state index is -0.541. The van der Waals surface area contributed by atoms with Crippen molar-refractivity contribution in [2.24, 2.45) is 5.92 Å². The third-order valence-electron chi connectivity index (χ3n) is 4.19. The molecule has 1 N–H and O–H groups in total. The maximum atomic E-state index is 10.5. The second kappa shape index (κ2) is 10.9. The van der Waals surface area contributed by atoms with E-state index in [2.05, 4.69) is 6.08 Å². The third-order valence-corrected chi connectivity index (χ3v) is 4.19. The van der Waals surface area contributed by atoms with Crippen LogP contribution in [-0.4, -0.2) is 23.3 Å². The van der Waals surface area contributed by atoms with Gasteiger partial charge in [0, 0.05) is 12.3 Å². The Kier molecular flexibility index (Phi) is 9.24. The van der Waals surface area contributed by atoms with E-state index in [9.17, 15) is 14.7 Å². The maximum absolute atomic E-state index is 10.5. The Morgan fingerprint density at radius 1 is 1.21 bits per heavy atom. The van der Waals surface area contributed by atoms with Gasteiger partial charge in [-0.2, -0.15) is 0 Å². The first kappa shape index (κ1) is 20.3. The van der Waals surface area contributed by atoms with Crippen LogP contribution in [-0.2, 0) is 16.0 Å². The number of allylic oxidation sites excluding steroid dienone is 2. The van der Waals surface area contributed by atoms with Gasteiger partial charge < -0.3 is 14.7 Å². The lowest BCUT2D eigenvalue weighted by molar-refractivity contribution is -0.111. The highest BCUT2D eigenvalue weighted by Gasteiger charge is 2.15. The zero-order valence-electron chi connectivity index (χ0n) is 14.9. The molecule has 0 aromatic heterocycles. The molecule has 3 nitrogen and oxygen atoms in total. The number of carbonyl (C=O) groups is 2. The van der Waals surface area contributed by atoms with Gasteiger partial charge in [0.1, 0.15) is 12.6 Å². The minimum absolute atomic E-state index is 0.253. The molecule has 0 radical (unpaired) electrons. The second-order valence-corrected chi connectivity index (χ2v) is 7.06. The van der Waals surface area contributed by atoms with Crippen molar-refractivity contribution in [2.75, 3.05) is 0 Å². The summed E-state index contributed by atoms with van der Waals surface area (Å²) in [6.07, 6.45) is 10.7. The molecule has 0 aliphatic heterocycles. The van der Waals surface area contributed by atoms with Crippen molar-refractivity contribution in [2.45, 2.75) is 64.4 Å². The van der Waals surface area contributed by atoms with E-state index in [1.54, 1.807) is 0 Å². The monoisotopic (exact) mass is 330 g/mol. The smallest absolute Gasteiger partial charge is 0.124 e. The van der Waals surface area contributed by atoms with E-state index in [0.29, 0.717) is 6.42 Å². The van der Waals surface area contributed by atoms with Crippen LogP contribution in [0.5, 0.6) is 0 Å². The first-order chi connectivity index (χ1) is 11.4. The standard InChI is InChI=1S/C13H22O2.C8H8O/c1-13(2,15)9-3-4-11-5-7-12(10-14)8-6-11;9-7-6-8-4-2-1-3-5-8/h5,10,12,15H,3-4,6-9H2,1-2H3;1-5,7H,6H2. The van der Waals surface area contributed by atoms with Gasteiger partial charge in [0.05, 0.1) is 5.60 Å². The molecule has 24 heavy (non-hydrogen) atoms. The summed E-state index contributed by atoms with van der Waals surface area (Å²) in [5.74, 6) is 0.253. The van der Waals surface area contributed by atoms with Crippen LogP contribution in [0, 0.1) is 5.92 Å². The SMILES string of the molecule is CC(C)(O)CCCC1=CCC(C=O)CC1.O=CCc1ccccc1. The molecular formula is C21H30O3. The molecular weight excluding hydrogens is 300 g/mol. The molecule has 1 aliphatic rings. The largest absolute Gasteiger partial charge is 0.390 e. The van der Waals surface area contributed by atoms with Gasteiger partial charge in [-0.3, -0.25) is 0 Å². The molecule has 1 atom stereocenters. The summed E-state index contributed by atoms with van der Waals surface area (Å²) >= 11 is 0. The molecule has 0 spiro atoms. The lowest BCUT2D eigenvalue weighted by Gasteiger charge is -2.20. The van der Waals surface area contributed by atoms with Crippen molar-refractivity contribution in [3.05, 3.63) is 47.5 Å². The second-order valence-electron chi connectivity index (χ2n) is 7.06. The predicted octanol–water partition coefficient (Wildman–Crippen LogP) is 4.28. The van der Waals surface area contributed by atoms with Crippen molar-refractivity contribution in [1.82, 2.24) is 0 Å². The summed E-state index contributed by atoms with van der Waals surface area (Å²) in [7, 11) is 0. The molecule has 0 bridgehead atoms. The van der Waals surface area contributed by atoms with Gasteiger partial charge in [0.15, 0.2) is 0 Å². The lowest BCUT2D eigenvalue weighted by atomic mass is 9.87. The zero-order valence-corrected chi connectivity index (χ0v) is 14.9. The Morgan fingerprint density at radius 3 is 2.42 bits per heavy atom. The molecule has 0 heterocycles. The van der Waals surface area contributed by atoms with E-state index in [4.69, 9.17) is 0 Å². The number of carbonyl (C=O) groups excluding carboxylic acids is 2. The summed E-state index contributed by atoms with van der Waals surface area (Å²) in [6.45, 7) is 3.70. The van der Waals surface area contributed by atoms with Gasteiger partial charge in [-0.05, 0) is 57.9 Å². The molecule has 1 aliphatic carbocycles. The minimum Gasteiger partial charge on any atom is -0.390 e. The van der Waals surface area contributed by atoms with Crippen LogP contribution in [0.25, 0.3) is 0 Å². The van der Waals surface area contributed by atoms with E-state index in [-0.39, 0.29) is 5.92 Å². The van der Waals surface area contributed by atoms with Crippen molar-refractivity contribution < 1.29 is 14.7 Å². The zero-order chi connectivity index (χ0) is 17.8. The highest BCUT2D eigenvalue weighted by molar-refractivity contribution is 5.54. The molecule has 1 aromatic rings. The number of rotatable bonds is 7. The van der Waals surface area contributed by atoms with Crippen LogP contribution >= 0.6 is 0 Å². The van der Waals surface area contributed by atoms with Crippen LogP contribution in [0.1, 0.15) is 57.9 Å². The lowest BCUT2D eigenvalue weighted by Crippen LogP contribution is -2.18. The van der Waals surface area contributed by atoms with E-state index in [1.807, 2.05) is 44.2 Å². The summed E-state index contributed by atoms with van der Waals surface area (Å²) in [6, 6.07) is 9.68. The van der Waals surface area contributed by atoms with Gasteiger partial charge in [-0.1, -0.05) is 42.0 Å². The Labute approximate surface area is 145 Å². The number of hydrogen-bond acceptors (Lipinski definition) is 3. The summed E-state index contributed by atoms with van der Waals surface area (Å²) in [5, 5.41) is 9.56. The van der Waals surface area contributed by atoms with E-state index in [1.165, 1.54) is 5.57 Å². The molecule has 132 valence electrons. The van der Waals surface area contributed by atoms with Crippen LogP contribution < -0.4 is 0 Å². The fraction of sp³-hybridized carbons (Fsp3) is 0.524. The maximum Gasteiger partial charge on any atom is 0.124 e. The van der Waals surface area contributed by atoms with E-state index < -0.39 is 5.60 Å². The summed E-state index contributed by atoms with van der Waals surface area (Å²) < 4.78 is 0. The first-order valence-electron chi connectivity index (χ1n) is 8.77. The third kappa shape index (κ3) is 9.41. The summed E-state index contributed by atoms with van der Waals surface area (Å²) in [5.41, 5.74) is 2.01. The predicted molar refractivity (Wildman–Crippen MR) is 97.8 cm³/mol. The average molecular weight is 330 g/mol. The van der Waals surface area contributed by atoms with E-state index in [0.717, 1.165) is 56.7 Å². The van der Waals surface area contributed by atoms with Crippen molar-refractivity contribution in [3.8, 4) is 0 Å². The Hall–Kier alpha value is -1.74. The molecule has 0 fully saturated rings. The van der Waals surface area contributed by atoms with Gasteiger partial charge in [0.25, 0.3) is 0 Å². The quantitative estimate of drug-likeness (QED) is 0.599. The molecule has 0 saturated carbocycles. The molecule has 0 amide bonds. The Balaban J connectivity index is 0.000000272. The van der Waals surface area contributed by atoms with Crippen LogP contribution in [0.4, 0.5) is 0 Å². The van der Waals surface area contributed by atoms with Crippen molar-refractivity contribution in [3.63, 3.8) is 0 Å². The summed E-state index contributed by atoms with van der Waals surface area (Å²) in [4.78, 5) is 20.5.